The molecule has 2 heterocycles. The molecule has 2 aromatic heterocycles. The van der Waals surface area contributed by atoms with Crippen LogP contribution in [0, 0.1) is 0 Å². The van der Waals surface area contributed by atoms with Gasteiger partial charge in [0, 0.05) is 18.0 Å². The fourth-order valence-electron chi connectivity index (χ4n) is 2.24. The van der Waals surface area contributed by atoms with Crippen molar-refractivity contribution < 1.29 is 9.53 Å². The Labute approximate surface area is 128 Å². The highest BCUT2D eigenvalue weighted by Crippen LogP contribution is 2.13. The number of fused-ring (bicyclic) bond motifs is 1. The minimum Gasteiger partial charge on any atom is -0.494 e. The van der Waals surface area contributed by atoms with Crippen LogP contribution < -0.4 is 10.1 Å². The van der Waals surface area contributed by atoms with Crippen molar-refractivity contribution in [1.82, 2.24) is 14.7 Å². The lowest BCUT2D eigenvalue weighted by molar-refractivity contribution is 0.0950. The van der Waals surface area contributed by atoms with Crippen LogP contribution in [0.3, 0.4) is 0 Å². The van der Waals surface area contributed by atoms with Crippen molar-refractivity contribution >= 4 is 11.6 Å². The minimum absolute atomic E-state index is 0.140. The standard InChI is InChI=1S/C17H17N3O2/c1-2-22-15-7-5-6-13(10-15)17(21)18-11-14-12-20-9-4-3-8-16(20)19-14/h3-10,12H,2,11H2,1H3,(H,18,21). The number of ether oxygens (including phenoxy) is 1. The summed E-state index contributed by atoms with van der Waals surface area (Å²) in [5.41, 5.74) is 2.26. The lowest BCUT2D eigenvalue weighted by atomic mass is 10.2. The van der Waals surface area contributed by atoms with Crippen LogP contribution >= 0.6 is 0 Å². The average Bonchev–Trinajstić information content (AvgIpc) is 2.96. The fourth-order valence-corrected chi connectivity index (χ4v) is 2.24. The summed E-state index contributed by atoms with van der Waals surface area (Å²) < 4.78 is 7.33. The maximum absolute atomic E-state index is 12.2. The van der Waals surface area contributed by atoms with Gasteiger partial charge < -0.3 is 14.5 Å². The molecular weight excluding hydrogens is 278 g/mol. The van der Waals surface area contributed by atoms with E-state index >= 15 is 0 Å². The summed E-state index contributed by atoms with van der Waals surface area (Å²) in [6.07, 6.45) is 3.84. The van der Waals surface area contributed by atoms with Crippen LogP contribution in [0.2, 0.25) is 0 Å². The van der Waals surface area contributed by atoms with Gasteiger partial charge in [0.2, 0.25) is 0 Å². The largest absolute Gasteiger partial charge is 0.494 e. The summed E-state index contributed by atoms with van der Waals surface area (Å²) in [4.78, 5) is 16.6. The summed E-state index contributed by atoms with van der Waals surface area (Å²) >= 11 is 0. The topological polar surface area (TPSA) is 55.6 Å². The number of benzene rings is 1. The highest BCUT2D eigenvalue weighted by atomic mass is 16.5. The number of aromatic nitrogens is 2. The Balaban J connectivity index is 1.67. The van der Waals surface area contributed by atoms with Gasteiger partial charge >= 0.3 is 0 Å². The normalized spacial score (nSPS) is 10.6. The predicted molar refractivity (Wildman–Crippen MR) is 84.0 cm³/mol. The van der Waals surface area contributed by atoms with Gasteiger partial charge in [-0.25, -0.2) is 4.98 Å². The summed E-state index contributed by atoms with van der Waals surface area (Å²) in [6, 6.07) is 13.0. The molecule has 3 rings (SSSR count). The molecule has 0 bridgehead atoms. The third kappa shape index (κ3) is 3.09. The Morgan fingerprint density at radius 2 is 2.18 bits per heavy atom. The first-order valence-electron chi connectivity index (χ1n) is 7.20. The third-order valence-corrected chi connectivity index (χ3v) is 3.25. The highest BCUT2D eigenvalue weighted by molar-refractivity contribution is 5.94. The average molecular weight is 295 g/mol. The molecule has 0 aliphatic carbocycles. The van der Waals surface area contributed by atoms with Gasteiger partial charge in [-0.2, -0.15) is 0 Å². The van der Waals surface area contributed by atoms with Crippen LogP contribution in [-0.4, -0.2) is 21.9 Å². The molecular formula is C17H17N3O2. The van der Waals surface area contributed by atoms with Gasteiger partial charge in [-0.05, 0) is 37.3 Å². The molecule has 0 aliphatic rings. The van der Waals surface area contributed by atoms with E-state index in [2.05, 4.69) is 10.3 Å². The van der Waals surface area contributed by atoms with Crippen molar-refractivity contribution in [3.8, 4) is 5.75 Å². The second-order valence-corrected chi connectivity index (χ2v) is 4.84. The summed E-state index contributed by atoms with van der Waals surface area (Å²) in [5.74, 6) is 0.557. The second kappa shape index (κ2) is 6.30. The Bertz CT molecular complexity index is 762. The molecule has 0 spiro atoms. The van der Waals surface area contributed by atoms with E-state index in [-0.39, 0.29) is 5.91 Å². The van der Waals surface area contributed by atoms with Gasteiger partial charge in [-0.3, -0.25) is 4.79 Å². The number of rotatable bonds is 5. The number of imidazole rings is 1. The Kier molecular flexibility index (Phi) is 4.05. The lowest BCUT2D eigenvalue weighted by Crippen LogP contribution is -2.22. The molecule has 5 heteroatoms. The van der Waals surface area contributed by atoms with E-state index in [1.807, 2.05) is 54.0 Å². The zero-order valence-electron chi connectivity index (χ0n) is 12.3. The quantitative estimate of drug-likeness (QED) is 0.787. The number of pyridine rings is 1. The molecule has 0 saturated heterocycles. The van der Waals surface area contributed by atoms with E-state index in [0.29, 0.717) is 24.5 Å². The van der Waals surface area contributed by atoms with Crippen molar-refractivity contribution in [1.29, 1.82) is 0 Å². The van der Waals surface area contributed by atoms with E-state index in [1.165, 1.54) is 0 Å². The molecule has 22 heavy (non-hydrogen) atoms. The van der Waals surface area contributed by atoms with Crippen LogP contribution in [0.15, 0.2) is 54.9 Å². The van der Waals surface area contributed by atoms with Crippen LogP contribution in [0.1, 0.15) is 23.0 Å². The fraction of sp³-hybridized carbons (Fsp3) is 0.176. The lowest BCUT2D eigenvalue weighted by Gasteiger charge is -2.06. The van der Waals surface area contributed by atoms with E-state index in [0.717, 1.165) is 11.3 Å². The van der Waals surface area contributed by atoms with Crippen LogP contribution in [-0.2, 0) is 6.54 Å². The van der Waals surface area contributed by atoms with Gasteiger partial charge in [0.05, 0.1) is 18.8 Å². The molecule has 0 radical (unpaired) electrons. The van der Waals surface area contributed by atoms with E-state index in [9.17, 15) is 4.79 Å². The van der Waals surface area contributed by atoms with Crippen molar-refractivity contribution in [3.05, 3.63) is 66.1 Å². The Morgan fingerprint density at radius 3 is 3.00 bits per heavy atom. The summed E-state index contributed by atoms with van der Waals surface area (Å²) in [5, 5.41) is 2.88. The number of hydrogen-bond acceptors (Lipinski definition) is 3. The SMILES string of the molecule is CCOc1cccc(C(=O)NCc2cn3ccccc3n2)c1. The summed E-state index contributed by atoms with van der Waals surface area (Å²) in [7, 11) is 0. The molecule has 3 aromatic rings. The zero-order valence-corrected chi connectivity index (χ0v) is 12.3. The molecule has 0 atom stereocenters. The zero-order chi connectivity index (χ0) is 15.4. The number of hydrogen-bond donors (Lipinski definition) is 1. The summed E-state index contributed by atoms with van der Waals surface area (Å²) in [6.45, 7) is 2.88. The third-order valence-electron chi connectivity index (χ3n) is 3.25. The predicted octanol–water partition coefficient (Wildman–Crippen LogP) is 2.66. The van der Waals surface area contributed by atoms with E-state index < -0.39 is 0 Å². The Hall–Kier alpha value is -2.82. The molecule has 1 amide bonds. The van der Waals surface area contributed by atoms with Crippen LogP contribution in [0.4, 0.5) is 0 Å². The van der Waals surface area contributed by atoms with Gasteiger partial charge in [-0.15, -0.1) is 0 Å². The number of amides is 1. The molecule has 0 fully saturated rings. The smallest absolute Gasteiger partial charge is 0.251 e. The first kappa shape index (κ1) is 14.1. The molecule has 1 aromatic carbocycles. The van der Waals surface area contributed by atoms with Crippen molar-refractivity contribution in [2.75, 3.05) is 6.61 Å². The molecule has 0 aliphatic heterocycles. The molecule has 112 valence electrons. The monoisotopic (exact) mass is 295 g/mol. The minimum atomic E-state index is -0.140. The number of nitrogens with one attached hydrogen (secondary N) is 1. The molecule has 1 N–H and O–H groups in total. The number of nitrogens with zero attached hydrogens (tertiary/aromatic N) is 2. The number of carbonyl (C=O) groups excluding carboxylic acids is 1. The molecule has 0 unspecified atom stereocenters. The van der Waals surface area contributed by atoms with Crippen molar-refractivity contribution in [2.24, 2.45) is 0 Å². The van der Waals surface area contributed by atoms with Gasteiger partial charge in [0.25, 0.3) is 5.91 Å². The maximum Gasteiger partial charge on any atom is 0.251 e. The van der Waals surface area contributed by atoms with Gasteiger partial charge in [0.1, 0.15) is 11.4 Å². The Morgan fingerprint density at radius 1 is 1.27 bits per heavy atom. The van der Waals surface area contributed by atoms with Crippen LogP contribution in [0.25, 0.3) is 5.65 Å². The van der Waals surface area contributed by atoms with E-state index in [1.54, 1.807) is 12.1 Å². The number of carbonyl (C=O) groups is 1. The van der Waals surface area contributed by atoms with Crippen molar-refractivity contribution in [2.45, 2.75) is 13.5 Å². The van der Waals surface area contributed by atoms with Gasteiger partial charge in [0.15, 0.2) is 0 Å². The van der Waals surface area contributed by atoms with E-state index in [4.69, 9.17) is 4.74 Å². The first-order chi connectivity index (χ1) is 10.8. The molecule has 0 saturated carbocycles. The molecule has 5 nitrogen and oxygen atoms in total. The highest BCUT2D eigenvalue weighted by Gasteiger charge is 2.08. The van der Waals surface area contributed by atoms with Gasteiger partial charge in [-0.1, -0.05) is 12.1 Å². The van der Waals surface area contributed by atoms with Crippen LogP contribution in [0.5, 0.6) is 5.75 Å². The second-order valence-electron chi connectivity index (χ2n) is 4.84. The maximum atomic E-state index is 12.2. The first-order valence-corrected chi connectivity index (χ1v) is 7.20. The van der Waals surface area contributed by atoms with Crippen molar-refractivity contribution in [3.63, 3.8) is 0 Å².